The van der Waals surface area contributed by atoms with Gasteiger partial charge in [-0.25, -0.2) is 0 Å². The zero-order valence-corrected chi connectivity index (χ0v) is 9.54. The van der Waals surface area contributed by atoms with Crippen LogP contribution in [0.3, 0.4) is 0 Å². The first-order valence-corrected chi connectivity index (χ1v) is 5.80. The van der Waals surface area contributed by atoms with Crippen LogP contribution in [0.15, 0.2) is 30.6 Å². The number of nitrogens with one attached hydrogen (secondary N) is 1. The van der Waals surface area contributed by atoms with Crippen molar-refractivity contribution < 1.29 is 9.90 Å². The van der Waals surface area contributed by atoms with Gasteiger partial charge in [0.25, 0.3) is 0 Å². The van der Waals surface area contributed by atoms with Crippen LogP contribution < -0.4 is 5.32 Å². The highest BCUT2D eigenvalue weighted by Crippen LogP contribution is 2.32. The number of aromatic nitrogens is 1. The van der Waals surface area contributed by atoms with Crippen LogP contribution in [0.1, 0.15) is 18.4 Å². The maximum Gasteiger partial charge on any atom is 0.244 e. The Morgan fingerprint density at radius 1 is 1.65 bits per heavy atom. The third kappa shape index (κ3) is 4.00. The number of amides is 1. The second-order valence-corrected chi connectivity index (χ2v) is 4.27. The summed E-state index contributed by atoms with van der Waals surface area (Å²) in [6.45, 7) is 0.334. The van der Waals surface area contributed by atoms with E-state index in [0.717, 1.165) is 18.4 Å². The summed E-state index contributed by atoms with van der Waals surface area (Å²) in [4.78, 5) is 15.4. The van der Waals surface area contributed by atoms with E-state index in [9.17, 15) is 9.90 Å². The van der Waals surface area contributed by atoms with Gasteiger partial charge >= 0.3 is 0 Å². The Kier molecular flexibility index (Phi) is 3.88. The van der Waals surface area contributed by atoms with Gasteiger partial charge in [-0.05, 0) is 36.5 Å². The molecule has 1 amide bonds. The van der Waals surface area contributed by atoms with E-state index in [1.807, 2.05) is 12.1 Å². The molecule has 0 bridgehead atoms. The van der Waals surface area contributed by atoms with E-state index < -0.39 is 6.10 Å². The minimum atomic E-state index is -0.397. The average Bonchev–Trinajstić information content (AvgIpc) is 3.19. The van der Waals surface area contributed by atoms with Gasteiger partial charge in [0.2, 0.25) is 5.91 Å². The zero-order chi connectivity index (χ0) is 12.1. The Hall–Kier alpha value is -1.68. The Bertz CT molecular complexity index is 399. The van der Waals surface area contributed by atoms with Gasteiger partial charge in [0.1, 0.15) is 0 Å². The van der Waals surface area contributed by atoms with Crippen molar-refractivity contribution in [3.63, 3.8) is 0 Å². The number of nitrogens with zero attached hydrogens (tertiary/aromatic N) is 1. The van der Waals surface area contributed by atoms with Gasteiger partial charge in [-0.15, -0.1) is 0 Å². The van der Waals surface area contributed by atoms with Crippen molar-refractivity contribution in [2.45, 2.75) is 18.9 Å². The molecule has 2 N–H and O–H groups in total. The van der Waals surface area contributed by atoms with Crippen molar-refractivity contribution in [1.29, 1.82) is 0 Å². The van der Waals surface area contributed by atoms with Crippen LogP contribution >= 0.6 is 0 Å². The van der Waals surface area contributed by atoms with E-state index in [4.69, 9.17) is 0 Å². The SMILES string of the molecule is O=C(/C=C/c1cccnc1)NCC(O)C1CC1. The Morgan fingerprint density at radius 2 is 2.47 bits per heavy atom. The summed E-state index contributed by atoms with van der Waals surface area (Å²) < 4.78 is 0. The fourth-order valence-corrected chi connectivity index (χ4v) is 1.56. The molecular formula is C13H16N2O2. The third-order valence-corrected chi connectivity index (χ3v) is 2.76. The molecule has 4 heteroatoms. The lowest BCUT2D eigenvalue weighted by molar-refractivity contribution is -0.116. The number of carbonyl (C=O) groups excluding carboxylic acids is 1. The van der Waals surface area contributed by atoms with Crippen molar-refractivity contribution in [3.05, 3.63) is 36.2 Å². The third-order valence-electron chi connectivity index (χ3n) is 2.76. The summed E-state index contributed by atoms with van der Waals surface area (Å²) in [5.74, 6) is 0.200. The number of hydrogen-bond acceptors (Lipinski definition) is 3. The topological polar surface area (TPSA) is 62.2 Å². The predicted molar refractivity (Wildman–Crippen MR) is 65.0 cm³/mol. The number of aliphatic hydroxyl groups is 1. The van der Waals surface area contributed by atoms with E-state index in [-0.39, 0.29) is 5.91 Å². The van der Waals surface area contributed by atoms with Gasteiger partial charge in [-0.3, -0.25) is 9.78 Å². The molecule has 1 aromatic heterocycles. The largest absolute Gasteiger partial charge is 0.391 e. The van der Waals surface area contributed by atoms with Gasteiger partial charge in [-0.2, -0.15) is 0 Å². The molecule has 17 heavy (non-hydrogen) atoms. The summed E-state index contributed by atoms with van der Waals surface area (Å²) in [7, 11) is 0. The number of rotatable bonds is 5. The van der Waals surface area contributed by atoms with Crippen LogP contribution in [0.2, 0.25) is 0 Å². The van der Waals surface area contributed by atoms with Crippen molar-refractivity contribution in [2.75, 3.05) is 6.54 Å². The van der Waals surface area contributed by atoms with Crippen LogP contribution in [-0.2, 0) is 4.79 Å². The molecule has 1 heterocycles. The first-order valence-electron chi connectivity index (χ1n) is 5.80. The maximum atomic E-state index is 11.4. The highest BCUT2D eigenvalue weighted by atomic mass is 16.3. The molecule has 0 radical (unpaired) electrons. The van der Waals surface area contributed by atoms with Crippen molar-refractivity contribution >= 4 is 12.0 Å². The zero-order valence-electron chi connectivity index (χ0n) is 9.54. The van der Waals surface area contributed by atoms with Crippen molar-refractivity contribution in [2.24, 2.45) is 5.92 Å². The fraction of sp³-hybridized carbons (Fsp3) is 0.385. The van der Waals surface area contributed by atoms with E-state index in [1.165, 1.54) is 6.08 Å². The average molecular weight is 232 g/mol. The Morgan fingerprint density at radius 3 is 3.12 bits per heavy atom. The summed E-state index contributed by atoms with van der Waals surface area (Å²) in [6, 6.07) is 3.68. The molecule has 0 spiro atoms. The highest BCUT2D eigenvalue weighted by molar-refractivity contribution is 5.91. The molecule has 0 aromatic carbocycles. The lowest BCUT2D eigenvalue weighted by Gasteiger charge is -2.08. The molecular weight excluding hydrogens is 216 g/mol. The molecule has 1 saturated carbocycles. The molecule has 4 nitrogen and oxygen atoms in total. The second kappa shape index (κ2) is 5.59. The van der Waals surface area contributed by atoms with Crippen LogP contribution in [-0.4, -0.2) is 28.6 Å². The quantitative estimate of drug-likeness (QED) is 0.744. The number of carbonyl (C=O) groups is 1. The summed E-state index contributed by atoms with van der Waals surface area (Å²) in [5, 5.41) is 12.3. The van der Waals surface area contributed by atoms with E-state index in [2.05, 4.69) is 10.3 Å². The van der Waals surface area contributed by atoms with E-state index in [0.29, 0.717) is 12.5 Å². The van der Waals surface area contributed by atoms with Gasteiger partial charge < -0.3 is 10.4 Å². The lowest BCUT2D eigenvalue weighted by atomic mass is 10.2. The van der Waals surface area contributed by atoms with Crippen LogP contribution in [0.5, 0.6) is 0 Å². The molecule has 1 atom stereocenters. The molecule has 2 rings (SSSR count). The summed E-state index contributed by atoms with van der Waals surface area (Å²) in [5.41, 5.74) is 0.880. The molecule has 1 unspecified atom stereocenters. The Labute approximate surface area is 100 Å². The first kappa shape index (κ1) is 11.8. The number of aliphatic hydroxyl groups excluding tert-OH is 1. The predicted octanol–water partition coefficient (Wildman–Crippen LogP) is 0.982. The lowest BCUT2D eigenvalue weighted by Crippen LogP contribution is -2.31. The first-order chi connectivity index (χ1) is 8.25. The molecule has 90 valence electrons. The second-order valence-electron chi connectivity index (χ2n) is 4.27. The van der Waals surface area contributed by atoms with Gasteiger partial charge in [0.15, 0.2) is 0 Å². The van der Waals surface area contributed by atoms with E-state index >= 15 is 0 Å². The molecule has 1 aliphatic rings. The number of hydrogen-bond donors (Lipinski definition) is 2. The van der Waals surface area contributed by atoms with Crippen molar-refractivity contribution in [3.8, 4) is 0 Å². The molecule has 0 saturated heterocycles. The maximum absolute atomic E-state index is 11.4. The van der Waals surface area contributed by atoms with Crippen LogP contribution in [0, 0.1) is 5.92 Å². The van der Waals surface area contributed by atoms with Crippen LogP contribution in [0.25, 0.3) is 6.08 Å². The normalized spacial score (nSPS) is 17.0. The number of pyridine rings is 1. The summed E-state index contributed by atoms with van der Waals surface area (Å²) in [6.07, 6.45) is 8.27. The minimum absolute atomic E-state index is 0.187. The van der Waals surface area contributed by atoms with Gasteiger partial charge in [0, 0.05) is 25.0 Å². The Balaban J connectivity index is 1.75. The minimum Gasteiger partial charge on any atom is -0.391 e. The highest BCUT2D eigenvalue weighted by Gasteiger charge is 2.29. The van der Waals surface area contributed by atoms with Crippen LogP contribution in [0.4, 0.5) is 0 Å². The van der Waals surface area contributed by atoms with E-state index in [1.54, 1.807) is 18.5 Å². The fourth-order valence-electron chi connectivity index (χ4n) is 1.56. The van der Waals surface area contributed by atoms with Gasteiger partial charge in [-0.1, -0.05) is 6.07 Å². The monoisotopic (exact) mass is 232 g/mol. The summed E-state index contributed by atoms with van der Waals surface area (Å²) >= 11 is 0. The molecule has 1 fully saturated rings. The molecule has 1 aliphatic carbocycles. The van der Waals surface area contributed by atoms with Gasteiger partial charge in [0.05, 0.1) is 6.10 Å². The molecule has 1 aromatic rings. The standard InChI is InChI=1S/C13H16N2O2/c16-12(11-4-5-11)9-15-13(17)6-3-10-2-1-7-14-8-10/h1-3,6-8,11-12,16H,4-5,9H2,(H,15,17)/b6-3+. The smallest absolute Gasteiger partial charge is 0.244 e. The van der Waals surface area contributed by atoms with Crippen molar-refractivity contribution in [1.82, 2.24) is 10.3 Å². The molecule has 0 aliphatic heterocycles.